The van der Waals surface area contributed by atoms with Gasteiger partial charge in [0.2, 0.25) is 5.76 Å². The highest BCUT2D eigenvalue weighted by molar-refractivity contribution is 5.85. The minimum Gasteiger partial charge on any atom is -0.500 e. The first-order valence-corrected chi connectivity index (χ1v) is 5.46. The first-order chi connectivity index (χ1) is 8.76. The van der Waals surface area contributed by atoms with Crippen LogP contribution in [-0.2, 0) is 28.5 Å². The maximum Gasteiger partial charge on any atom is 0.376 e. The molecule has 7 nitrogen and oxygen atoms in total. The molecule has 0 fully saturated rings. The predicted molar refractivity (Wildman–Crippen MR) is 61.8 cm³/mol. The lowest BCUT2D eigenvalue weighted by Crippen LogP contribution is -2.15. The minimum atomic E-state index is -0.612. The number of esters is 1. The van der Waals surface area contributed by atoms with Crippen LogP contribution in [0.3, 0.4) is 0 Å². The number of hydrogen-bond donors (Lipinski definition) is 1. The molecular weight excluding hydrogens is 244 g/mol. The number of methoxy groups -OCH3 is 2. The lowest BCUT2D eigenvalue weighted by molar-refractivity contribution is -0.144. The number of rotatable bonds is 11. The van der Waals surface area contributed by atoms with Crippen molar-refractivity contribution in [2.75, 3.05) is 53.9 Å². The molecule has 0 aromatic rings. The van der Waals surface area contributed by atoms with Crippen LogP contribution in [0.4, 0.5) is 0 Å². The summed E-state index contributed by atoms with van der Waals surface area (Å²) in [6.45, 7) is 1.42. The van der Waals surface area contributed by atoms with Crippen molar-refractivity contribution in [3.63, 3.8) is 0 Å². The van der Waals surface area contributed by atoms with Gasteiger partial charge in [0.15, 0.2) is 0 Å². The van der Waals surface area contributed by atoms with Gasteiger partial charge in [0.05, 0.1) is 47.3 Å². The second-order valence-corrected chi connectivity index (χ2v) is 3.01. The fraction of sp³-hybridized carbons (Fsp3) is 0.727. The normalized spacial score (nSPS) is 11.2. The van der Waals surface area contributed by atoms with Gasteiger partial charge < -0.3 is 28.8 Å². The highest BCUT2D eigenvalue weighted by Gasteiger charge is 2.11. The van der Waals surface area contributed by atoms with Gasteiger partial charge in [0.25, 0.3) is 0 Å². The molecule has 0 unspecified atom stereocenters. The second kappa shape index (κ2) is 12.2. The van der Waals surface area contributed by atoms with E-state index in [-0.39, 0.29) is 32.2 Å². The van der Waals surface area contributed by atoms with E-state index in [1.54, 1.807) is 0 Å². The molecule has 0 atom stereocenters. The molecule has 0 aromatic carbocycles. The van der Waals surface area contributed by atoms with E-state index in [9.17, 15) is 4.79 Å². The lowest BCUT2D eigenvalue weighted by atomic mass is 10.5. The minimum absolute atomic E-state index is 0.0104. The lowest BCUT2D eigenvalue weighted by Gasteiger charge is -2.07. The number of aliphatic hydroxyl groups is 1. The SMILES string of the molecule is COC=C(OC)C(=O)OCCOCCOCCO. The highest BCUT2D eigenvalue weighted by Crippen LogP contribution is 1.98. The molecule has 7 heteroatoms. The van der Waals surface area contributed by atoms with Crippen molar-refractivity contribution in [3.05, 3.63) is 12.0 Å². The summed E-state index contributed by atoms with van der Waals surface area (Å²) < 4.78 is 24.3. The molecule has 0 rings (SSSR count). The zero-order valence-corrected chi connectivity index (χ0v) is 10.7. The van der Waals surface area contributed by atoms with Crippen LogP contribution in [0.2, 0.25) is 0 Å². The molecule has 0 aliphatic rings. The zero-order chi connectivity index (χ0) is 13.6. The van der Waals surface area contributed by atoms with Crippen LogP contribution in [0, 0.1) is 0 Å². The summed E-state index contributed by atoms with van der Waals surface area (Å²) in [5.41, 5.74) is 0. The van der Waals surface area contributed by atoms with Crippen molar-refractivity contribution >= 4 is 5.97 Å². The summed E-state index contributed by atoms with van der Waals surface area (Å²) in [7, 11) is 2.75. The van der Waals surface area contributed by atoms with Crippen LogP contribution in [0.15, 0.2) is 12.0 Å². The maximum absolute atomic E-state index is 11.3. The van der Waals surface area contributed by atoms with Crippen molar-refractivity contribution in [2.45, 2.75) is 0 Å². The molecule has 0 saturated carbocycles. The van der Waals surface area contributed by atoms with Gasteiger partial charge in [-0.1, -0.05) is 0 Å². The summed E-state index contributed by atoms with van der Waals surface area (Å²) >= 11 is 0. The van der Waals surface area contributed by atoms with E-state index in [4.69, 9.17) is 24.1 Å². The van der Waals surface area contributed by atoms with Gasteiger partial charge in [-0.3, -0.25) is 0 Å². The smallest absolute Gasteiger partial charge is 0.376 e. The predicted octanol–water partition coefficient (Wildman–Crippen LogP) is -0.311. The van der Waals surface area contributed by atoms with E-state index in [0.29, 0.717) is 13.2 Å². The van der Waals surface area contributed by atoms with Crippen LogP contribution in [0.5, 0.6) is 0 Å². The number of aliphatic hydroxyl groups excluding tert-OH is 1. The van der Waals surface area contributed by atoms with E-state index in [1.807, 2.05) is 0 Å². The van der Waals surface area contributed by atoms with Crippen LogP contribution in [0.1, 0.15) is 0 Å². The quantitative estimate of drug-likeness (QED) is 0.237. The van der Waals surface area contributed by atoms with Crippen molar-refractivity contribution in [1.29, 1.82) is 0 Å². The van der Waals surface area contributed by atoms with E-state index in [0.717, 1.165) is 6.26 Å². The molecule has 0 aliphatic heterocycles. The van der Waals surface area contributed by atoms with Crippen LogP contribution >= 0.6 is 0 Å². The maximum atomic E-state index is 11.3. The fourth-order valence-electron chi connectivity index (χ4n) is 0.938. The van der Waals surface area contributed by atoms with E-state index in [1.165, 1.54) is 14.2 Å². The Morgan fingerprint density at radius 3 is 2.22 bits per heavy atom. The molecule has 0 aliphatic carbocycles. The third kappa shape index (κ3) is 8.80. The Hall–Kier alpha value is -1.31. The van der Waals surface area contributed by atoms with E-state index >= 15 is 0 Å². The summed E-state index contributed by atoms with van der Waals surface area (Å²) in [5, 5.41) is 8.44. The number of ether oxygens (including phenoxy) is 5. The molecule has 0 radical (unpaired) electrons. The molecular formula is C11H20O7. The first kappa shape index (κ1) is 16.7. The molecule has 0 amide bonds. The molecule has 0 bridgehead atoms. The molecule has 106 valence electrons. The van der Waals surface area contributed by atoms with Crippen LogP contribution < -0.4 is 0 Å². The van der Waals surface area contributed by atoms with Crippen molar-refractivity contribution in [2.24, 2.45) is 0 Å². The number of carbonyl (C=O) groups excluding carboxylic acids is 1. The first-order valence-electron chi connectivity index (χ1n) is 5.46. The van der Waals surface area contributed by atoms with Crippen molar-refractivity contribution in [1.82, 2.24) is 0 Å². The Balaban J connectivity index is 3.48. The Morgan fingerprint density at radius 2 is 1.67 bits per heavy atom. The molecule has 0 saturated heterocycles. The van der Waals surface area contributed by atoms with Crippen molar-refractivity contribution < 1.29 is 33.6 Å². The molecule has 18 heavy (non-hydrogen) atoms. The third-order valence-corrected chi connectivity index (χ3v) is 1.71. The third-order valence-electron chi connectivity index (χ3n) is 1.71. The van der Waals surface area contributed by atoms with Gasteiger partial charge in [-0.25, -0.2) is 4.79 Å². The topological polar surface area (TPSA) is 83.5 Å². The Morgan fingerprint density at radius 1 is 1.06 bits per heavy atom. The molecule has 0 aromatic heterocycles. The van der Waals surface area contributed by atoms with E-state index in [2.05, 4.69) is 4.74 Å². The average molecular weight is 264 g/mol. The summed E-state index contributed by atoms with van der Waals surface area (Å²) in [4.78, 5) is 11.3. The zero-order valence-electron chi connectivity index (χ0n) is 10.7. The average Bonchev–Trinajstić information content (AvgIpc) is 2.38. The molecule has 0 spiro atoms. The number of hydrogen-bond acceptors (Lipinski definition) is 7. The monoisotopic (exact) mass is 264 g/mol. The van der Waals surface area contributed by atoms with Crippen LogP contribution in [0.25, 0.3) is 0 Å². The Bertz CT molecular complexity index is 240. The Kier molecular flexibility index (Phi) is 11.3. The van der Waals surface area contributed by atoms with Crippen LogP contribution in [-0.4, -0.2) is 64.9 Å². The Labute approximate surface area is 106 Å². The highest BCUT2D eigenvalue weighted by atomic mass is 16.6. The molecule has 0 heterocycles. The summed E-state index contributed by atoms with van der Waals surface area (Å²) in [5.74, 6) is -0.622. The number of carbonyl (C=O) groups is 1. The molecule has 1 N–H and O–H groups in total. The second-order valence-electron chi connectivity index (χ2n) is 3.01. The van der Waals surface area contributed by atoms with Gasteiger partial charge in [-0.15, -0.1) is 0 Å². The van der Waals surface area contributed by atoms with Gasteiger partial charge in [0.1, 0.15) is 12.9 Å². The standard InChI is InChI=1S/C11H20O7/c1-14-9-10(15-2)11(13)18-8-7-17-6-5-16-4-3-12/h9,12H,3-8H2,1-2H3. The van der Waals surface area contributed by atoms with Gasteiger partial charge in [-0.05, 0) is 0 Å². The fourth-order valence-corrected chi connectivity index (χ4v) is 0.938. The largest absolute Gasteiger partial charge is 0.500 e. The van der Waals surface area contributed by atoms with Gasteiger partial charge in [-0.2, -0.15) is 0 Å². The summed E-state index contributed by atoms with van der Waals surface area (Å²) in [6, 6.07) is 0. The summed E-state index contributed by atoms with van der Waals surface area (Å²) in [6.07, 6.45) is 1.16. The van der Waals surface area contributed by atoms with Gasteiger partial charge >= 0.3 is 5.97 Å². The van der Waals surface area contributed by atoms with Crippen molar-refractivity contribution in [3.8, 4) is 0 Å². The van der Waals surface area contributed by atoms with Gasteiger partial charge in [0, 0.05) is 0 Å². The van der Waals surface area contributed by atoms with E-state index < -0.39 is 5.97 Å².